The maximum atomic E-state index is 13.5. The Morgan fingerprint density at radius 2 is 1.75 bits per heavy atom. The molecule has 2 aliphatic heterocycles. The number of hydrogen-bond acceptors (Lipinski definition) is 8. The van der Waals surface area contributed by atoms with Crippen molar-refractivity contribution >= 4 is 17.4 Å². The number of likely N-dealkylation sites (N-methyl/N-ethyl adjacent to an activating group) is 1. The fourth-order valence-corrected chi connectivity index (χ4v) is 5.10. The second-order valence-electron chi connectivity index (χ2n) is 9.84. The molecule has 2 aliphatic rings. The number of methoxy groups -OCH3 is 1. The Balaban J connectivity index is 1.76. The molecule has 2 aromatic rings. The molecule has 9 nitrogen and oxygen atoms in total. The minimum absolute atomic E-state index is 0.0277. The molecule has 1 N–H and O–H groups in total. The van der Waals surface area contributed by atoms with E-state index < -0.39 is 17.7 Å². The Hall–Kier alpha value is -3.72. The number of unbranched alkanes of at least 4 members (excludes halogenated alkanes) is 2. The van der Waals surface area contributed by atoms with Crippen LogP contribution in [0, 0.1) is 0 Å². The van der Waals surface area contributed by atoms with Crippen molar-refractivity contribution in [2.24, 2.45) is 0 Å². The number of ether oxygens (including phenoxy) is 4. The lowest BCUT2D eigenvalue weighted by molar-refractivity contribution is -0.140. The fraction of sp³-hybridized carbons (Fsp3) is 0.484. The van der Waals surface area contributed by atoms with E-state index >= 15 is 0 Å². The lowest BCUT2D eigenvalue weighted by Crippen LogP contribution is -2.38. The van der Waals surface area contributed by atoms with Gasteiger partial charge in [-0.05, 0) is 55.4 Å². The molecule has 40 heavy (non-hydrogen) atoms. The molecular weight excluding hydrogens is 512 g/mol. The molecule has 2 heterocycles. The van der Waals surface area contributed by atoms with E-state index in [0.29, 0.717) is 67.0 Å². The van der Waals surface area contributed by atoms with Crippen LogP contribution in [0.25, 0.3) is 5.76 Å². The van der Waals surface area contributed by atoms with Crippen LogP contribution in [-0.2, 0) is 9.59 Å². The first-order valence-electron chi connectivity index (χ1n) is 14.1. The predicted octanol–water partition coefficient (Wildman–Crippen LogP) is 4.80. The van der Waals surface area contributed by atoms with Gasteiger partial charge in [-0.3, -0.25) is 9.59 Å². The Kier molecular flexibility index (Phi) is 9.93. The van der Waals surface area contributed by atoms with Crippen molar-refractivity contribution in [2.45, 2.75) is 46.1 Å². The smallest absolute Gasteiger partial charge is 0.295 e. The number of aliphatic hydroxyl groups is 1. The van der Waals surface area contributed by atoms with Crippen molar-refractivity contribution in [3.05, 3.63) is 53.1 Å². The summed E-state index contributed by atoms with van der Waals surface area (Å²) in [7, 11) is 1.56. The monoisotopic (exact) mass is 552 g/mol. The van der Waals surface area contributed by atoms with Crippen molar-refractivity contribution in [3.63, 3.8) is 0 Å². The molecule has 0 aliphatic carbocycles. The molecule has 1 saturated heterocycles. The number of carbonyl (C=O) groups excluding carboxylic acids is 2. The SMILES string of the molecule is CCCCCOc1ccc([C@@H]2C(=C(O)c3ccc4c(c3)OCCO4)C(=O)C(=O)N2CCN(CC)CC)cc1OC. The first-order chi connectivity index (χ1) is 19.4. The minimum Gasteiger partial charge on any atom is -0.507 e. The topological polar surface area (TPSA) is 97.8 Å². The molecule has 216 valence electrons. The van der Waals surface area contributed by atoms with Crippen LogP contribution in [0.5, 0.6) is 23.0 Å². The first kappa shape index (κ1) is 29.3. The highest BCUT2D eigenvalue weighted by Gasteiger charge is 2.46. The van der Waals surface area contributed by atoms with E-state index in [0.717, 1.165) is 32.4 Å². The molecule has 1 atom stereocenters. The average molecular weight is 553 g/mol. The van der Waals surface area contributed by atoms with Gasteiger partial charge in [0.05, 0.1) is 25.3 Å². The van der Waals surface area contributed by atoms with Gasteiger partial charge in [-0.25, -0.2) is 0 Å². The van der Waals surface area contributed by atoms with Crippen molar-refractivity contribution in [1.29, 1.82) is 0 Å². The standard InChI is InChI=1S/C31H40N2O7/c1-5-8-9-16-38-23-12-10-21(19-25(23)37-4)28-27(30(35)31(36)33(28)15-14-32(6-2)7-3)29(34)22-11-13-24-26(20-22)40-18-17-39-24/h10-13,19-20,28,34H,5-9,14-18H2,1-4H3/t28-/m1/s1. The molecule has 0 aromatic heterocycles. The lowest BCUT2D eigenvalue weighted by Gasteiger charge is -2.28. The molecule has 1 fully saturated rings. The summed E-state index contributed by atoms with van der Waals surface area (Å²) in [6.45, 7) is 10.2. The number of hydrogen-bond donors (Lipinski definition) is 1. The highest BCUT2D eigenvalue weighted by molar-refractivity contribution is 6.46. The zero-order valence-corrected chi connectivity index (χ0v) is 23.9. The van der Waals surface area contributed by atoms with E-state index in [1.54, 1.807) is 42.3 Å². The third-order valence-electron chi connectivity index (χ3n) is 7.42. The molecule has 0 radical (unpaired) electrons. The number of ketones is 1. The van der Waals surface area contributed by atoms with Gasteiger partial charge >= 0.3 is 0 Å². The fourth-order valence-electron chi connectivity index (χ4n) is 5.10. The normalized spacial score (nSPS) is 17.9. The molecule has 1 amide bonds. The van der Waals surface area contributed by atoms with Crippen LogP contribution in [0.2, 0.25) is 0 Å². The van der Waals surface area contributed by atoms with Gasteiger partial charge in [-0.1, -0.05) is 39.7 Å². The molecule has 2 aromatic carbocycles. The summed E-state index contributed by atoms with van der Waals surface area (Å²) in [5.74, 6) is 0.513. The van der Waals surface area contributed by atoms with Gasteiger partial charge in [0.2, 0.25) is 0 Å². The zero-order valence-electron chi connectivity index (χ0n) is 23.9. The van der Waals surface area contributed by atoms with Crippen LogP contribution in [0.1, 0.15) is 57.2 Å². The van der Waals surface area contributed by atoms with Gasteiger partial charge in [-0.15, -0.1) is 0 Å². The third-order valence-corrected chi connectivity index (χ3v) is 7.42. The third kappa shape index (κ3) is 6.20. The second-order valence-corrected chi connectivity index (χ2v) is 9.84. The van der Waals surface area contributed by atoms with Crippen molar-refractivity contribution in [2.75, 3.05) is 53.1 Å². The molecule has 9 heteroatoms. The van der Waals surface area contributed by atoms with Crippen molar-refractivity contribution in [1.82, 2.24) is 9.80 Å². The summed E-state index contributed by atoms with van der Waals surface area (Å²) in [5, 5.41) is 11.5. The van der Waals surface area contributed by atoms with E-state index in [1.807, 2.05) is 6.07 Å². The van der Waals surface area contributed by atoms with E-state index in [1.165, 1.54) is 0 Å². The van der Waals surface area contributed by atoms with E-state index in [9.17, 15) is 14.7 Å². The zero-order chi connectivity index (χ0) is 28.6. The number of fused-ring (bicyclic) bond motifs is 1. The number of benzene rings is 2. The van der Waals surface area contributed by atoms with E-state index in [4.69, 9.17) is 18.9 Å². The second kappa shape index (κ2) is 13.6. The maximum Gasteiger partial charge on any atom is 0.295 e. The molecule has 0 bridgehead atoms. The van der Waals surface area contributed by atoms with E-state index in [-0.39, 0.29) is 11.3 Å². The van der Waals surface area contributed by atoms with Gasteiger partial charge in [-0.2, -0.15) is 0 Å². The quantitative estimate of drug-likeness (QED) is 0.164. The van der Waals surface area contributed by atoms with Gasteiger partial charge in [0.15, 0.2) is 23.0 Å². The summed E-state index contributed by atoms with van der Waals surface area (Å²) in [6.07, 6.45) is 3.10. The maximum absolute atomic E-state index is 13.5. The van der Waals surface area contributed by atoms with Crippen molar-refractivity contribution < 1.29 is 33.6 Å². The van der Waals surface area contributed by atoms with Crippen LogP contribution in [0.3, 0.4) is 0 Å². The average Bonchev–Trinajstić information content (AvgIpc) is 3.24. The van der Waals surface area contributed by atoms with Crippen LogP contribution in [-0.4, -0.2) is 79.7 Å². The highest BCUT2D eigenvalue weighted by Crippen LogP contribution is 2.43. The summed E-state index contributed by atoms with van der Waals surface area (Å²) >= 11 is 0. The van der Waals surface area contributed by atoms with Gasteiger partial charge in [0.25, 0.3) is 11.7 Å². The van der Waals surface area contributed by atoms with Gasteiger partial charge in [0.1, 0.15) is 19.0 Å². The summed E-state index contributed by atoms with van der Waals surface area (Å²) in [6, 6.07) is 9.61. The Bertz CT molecular complexity index is 1240. The summed E-state index contributed by atoms with van der Waals surface area (Å²) < 4.78 is 22.9. The summed E-state index contributed by atoms with van der Waals surface area (Å²) in [4.78, 5) is 30.6. The minimum atomic E-state index is -0.799. The number of Topliss-reactive ketones (excluding diaryl/α,β-unsaturated/α-hetero) is 1. The van der Waals surface area contributed by atoms with E-state index in [2.05, 4.69) is 25.7 Å². The van der Waals surface area contributed by atoms with Gasteiger partial charge in [0, 0.05) is 18.7 Å². The number of aliphatic hydroxyl groups excluding tert-OH is 1. The Morgan fingerprint density at radius 1 is 1.00 bits per heavy atom. The highest BCUT2D eigenvalue weighted by atomic mass is 16.6. The molecule has 4 rings (SSSR count). The molecule has 0 spiro atoms. The number of rotatable bonds is 13. The Labute approximate surface area is 236 Å². The van der Waals surface area contributed by atoms with Gasteiger partial charge < -0.3 is 33.9 Å². The number of amides is 1. The van der Waals surface area contributed by atoms with Crippen LogP contribution >= 0.6 is 0 Å². The predicted molar refractivity (Wildman–Crippen MR) is 152 cm³/mol. The molecule has 0 saturated carbocycles. The van der Waals surface area contributed by atoms with Crippen LogP contribution in [0.15, 0.2) is 42.0 Å². The summed E-state index contributed by atoms with van der Waals surface area (Å²) in [5.41, 5.74) is 1.05. The van der Waals surface area contributed by atoms with Crippen LogP contribution < -0.4 is 18.9 Å². The number of nitrogens with zero attached hydrogens (tertiary/aromatic N) is 2. The van der Waals surface area contributed by atoms with Crippen LogP contribution in [0.4, 0.5) is 0 Å². The number of likely N-dealkylation sites (tertiary alicyclic amines) is 1. The number of carbonyl (C=O) groups is 2. The largest absolute Gasteiger partial charge is 0.507 e. The van der Waals surface area contributed by atoms with Crippen molar-refractivity contribution in [3.8, 4) is 23.0 Å². The first-order valence-corrected chi connectivity index (χ1v) is 14.1. The molecular formula is C31H40N2O7. The molecule has 0 unspecified atom stereocenters. The Morgan fingerprint density at radius 3 is 2.45 bits per heavy atom. The lowest BCUT2D eigenvalue weighted by atomic mass is 9.94.